The van der Waals surface area contributed by atoms with Gasteiger partial charge in [0.1, 0.15) is 0 Å². The van der Waals surface area contributed by atoms with Crippen LogP contribution in [0.3, 0.4) is 0 Å². The molecular formula is C16H27Cl2N3O. The molecule has 6 heteroatoms. The van der Waals surface area contributed by atoms with Crippen LogP contribution in [0, 0.1) is 0 Å². The van der Waals surface area contributed by atoms with Crippen molar-refractivity contribution >= 4 is 36.4 Å². The Morgan fingerprint density at radius 2 is 1.86 bits per heavy atom. The summed E-state index contributed by atoms with van der Waals surface area (Å²) in [6.45, 7) is 6.72. The van der Waals surface area contributed by atoms with Crippen molar-refractivity contribution in [2.75, 3.05) is 18.4 Å². The molecule has 0 radical (unpaired) electrons. The number of nitrogens with two attached hydrogens (primary N) is 1. The number of anilines is 1. The lowest BCUT2D eigenvalue weighted by molar-refractivity contribution is -0.120. The van der Waals surface area contributed by atoms with Crippen molar-refractivity contribution in [2.45, 2.75) is 45.2 Å². The fourth-order valence-corrected chi connectivity index (χ4v) is 2.42. The first kappa shape index (κ1) is 21.2. The van der Waals surface area contributed by atoms with Crippen LogP contribution in [0.2, 0.25) is 0 Å². The maximum Gasteiger partial charge on any atom is 0.243 e. The largest absolute Gasteiger partial charge is 0.325 e. The molecule has 1 aromatic rings. The van der Waals surface area contributed by atoms with Gasteiger partial charge in [0.2, 0.25) is 5.91 Å². The highest BCUT2D eigenvalue weighted by Crippen LogP contribution is 2.17. The maximum atomic E-state index is 11.9. The quantitative estimate of drug-likeness (QED) is 0.879. The lowest BCUT2D eigenvalue weighted by atomic mass is 10.1. The summed E-state index contributed by atoms with van der Waals surface area (Å²) in [7, 11) is 0. The summed E-state index contributed by atoms with van der Waals surface area (Å²) in [5.41, 5.74) is 6.99. The highest BCUT2D eigenvalue weighted by molar-refractivity contribution is 5.97. The van der Waals surface area contributed by atoms with Gasteiger partial charge in [-0.25, -0.2) is 0 Å². The van der Waals surface area contributed by atoms with E-state index in [2.05, 4.69) is 16.3 Å². The highest BCUT2D eigenvalue weighted by atomic mass is 35.5. The molecule has 1 aliphatic rings. The molecule has 0 aliphatic carbocycles. The molecular weight excluding hydrogens is 321 g/mol. The number of carbonyl (C=O) groups excluding carboxylic acids is 1. The van der Waals surface area contributed by atoms with Crippen molar-refractivity contribution in [1.29, 1.82) is 0 Å². The van der Waals surface area contributed by atoms with E-state index in [-0.39, 0.29) is 30.7 Å². The molecule has 0 aromatic heterocycles. The molecule has 126 valence electrons. The van der Waals surface area contributed by atoms with Gasteiger partial charge in [-0.05, 0) is 57.5 Å². The van der Waals surface area contributed by atoms with E-state index < -0.39 is 5.54 Å². The summed E-state index contributed by atoms with van der Waals surface area (Å²) in [6, 6.07) is 8.04. The molecule has 3 N–H and O–H groups in total. The van der Waals surface area contributed by atoms with E-state index in [1.165, 1.54) is 37.9 Å². The van der Waals surface area contributed by atoms with Gasteiger partial charge in [0.15, 0.2) is 0 Å². The number of halogens is 2. The number of hydrogen-bond acceptors (Lipinski definition) is 3. The summed E-state index contributed by atoms with van der Waals surface area (Å²) >= 11 is 0. The molecule has 0 bridgehead atoms. The van der Waals surface area contributed by atoms with Gasteiger partial charge in [0.25, 0.3) is 0 Å². The van der Waals surface area contributed by atoms with Crippen LogP contribution in [0.25, 0.3) is 0 Å². The minimum absolute atomic E-state index is 0. The number of carbonyl (C=O) groups is 1. The third kappa shape index (κ3) is 6.53. The number of nitrogens with zero attached hydrogens (tertiary/aromatic N) is 1. The van der Waals surface area contributed by atoms with Gasteiger partial charge in [0.05, 0.1) is 5.54 Å². The van der Waals surface area contributed by atoms with Crippen LogP contribution in [0.15, 0.2) is 24.3 Å². The summed E-state index contributed by atoms with van der Waals surface area (Å²) in [4.78, 5) is 14.4. The second-order valence-electron chi connectivity index (χ2n) is 6.21. The Hall–Kier alpha value is -0.810. The van der Waals surface area contributed by atoms with Crippen LogP contribution >= 0.6 is 24.8 Å². The zero-order valence-corrected chi connectivity index (χ0v) is 14.9. The van der Waals surface area contributed by atoms with Crippen molar-refractivity contribution in [3.8, 4) is 0 Å². The van der Waals surface area contributed by atoms with E-state index >= 15 is 0 Å². The van der Waals surface area contributed by atoms with Crippen molar-refractivity contribution in [1.82, 2.24) is 4.90 Å². The van der Waals surface area contributed by atoms with E-state index in [0.29, 0.717) is 0 Å². The Labute approximate surface area is 145 Å². The van der Waals surface area contributed by atoms with Crippen LogP contribution in [0.5, 0.6) is 0 Å². The number of hydrogen-bond donors (Lipinski definition) is 2. The molecule has 1 saturated heterocycles. The average Bonchev–Trinajstić information content (AvgIpc) is 2.39. The predicted octanol–water partition coefficient (Wildman–Crippen LogP) is 3.19. The van der Waals surface area contributed by atoms with Gasteiger partial charge < -0.3 is 11.1 Å². The molecule has 0 unspecified atom stereocenters. The van der Waals surface area contributed by atoms with Crippen LogP contribution in [-0.2, 0) is 11.3 Å². The van der Waals surface area contributed by atoms with Crippen molar-refractivity contribution < 1.29 is 4.79 Å². The van der Waals surface area contributed by atoms with E-state index in [0.717, 1.165) is 12.2 Å². The Kier molecular flexibility index (Phi) is 9.01. The van der Waals surface area contributed by atoms with E-state index in [1.54, 1.807) is 13.8 Å². The normalized spacial score (nSPS) is 15.4. The first-order valence-electron chi connectivity index (χ1n) is 7.37. The van der Waals surface area contributed by atoms with E-state index in [9.17, 15) is 4.79 Å². The molecule has 22 heavy (non-hydrogen) atoms. The van der Waals surface area contributed by atoms with Crippen LogP contribution in [0.1, 0.15) is 38.7 Å². The number of amides is 1. The lowest BCUT2D eigenvalue weighted by Crippen LogP contribution is -2.45. The number of likely N-dealkylation sites (tertiary alicyclic amines) is 1. The van der Waals surface area contributed by atoms with Crippen LogP contribution in [0.4, 0.5) is 5.69 Å². The molecule has 1 aliphatic heterocycles. The summed E-state index contributed by atoms with van der Waals surface area (Å²) in [6.07, 6.45) is 3.92. The molecule has 1 fully saturated rings. The number of piperidine rings is 1. The van der Waals surface area contributed by atoms with Gasteiger partial charge in [-0.1, -0.05) is 18.6 Å². The standard InChI is InChI=1S/C16H25N3O.2ClH/c1-16(2,17)15(20)18-14-8-6-7-13(11-14)12-19-9-4-3-5-10-19;;/h6-8,11H,3-5,9-10,12,17H2,1-2H3,(H,18,20);2*1H. The zero-order valence-electron chi connectivity index (χ0n) is 13.3. The fraction of sp³-hybridized carbons (Fsp3) is 0.562. The molecule has 0 atom stereocenters. The lowest BCUT2D eigenvalue weighted by Gasteiger charge is -2.26. The summed E-state index contributed by atoms with van der Waals surface area (Å²) in [5, 5.41) is 2.88. The molecule has 1 amide bonds. The fourth-order valence-electron chi connectivity index (χ4n) is 2.42. The third-order valence-corrected chi connectivity index (χ3v) is 3.62. The van der Waals surface area contributed by atoms with Gasteiger partial charge >= 0.3 is 0 Å². The average molecular weight is 348 g/mol. The Morgan fingerprint density at radius 1 is 1.23 bits per heavy atom. The SMILES string of the molecule is CC(C)(N)C(=O)Nc1cccc(CN2CCCCC2)c1.Cl.Cl. The predicted molar refractivity (Wildman–Crippen MR) is 97.0 cm³/mol. The highest BCUT2D eigenvalue weighted by Gasteiger charge is 2.21. The number of benzene rings is 1. The smallest absolute Gasteiger partial charge is 0.243 e. The third-order valence-electron chi connectivity index (χ3n) is 3.62. The first-order valence-corrected chi connectivity index (χ1v) is 7.37. The second-order valence-corrected chi connectivity index (χ2v) is 6.21. The molecule has 1 heterocycles. The van der Waals surface area contributed by atoms with Crippen molar-refractivity contribution in [3.63, 3.8) is 0 Å². The Morgan fingerprint density at radius 3 is 2.45 bits per heavy atom. The first-order chi connectivity index (χ1) is 9.45. The van der Waals surface area contributed by atoms with Gasteiger partial charge in [-0.15, -0.1) is 24.8 Å². The van der Waals surface area contributed by atoms with E-state index in [1.807, 2.05) is 18.2 Å². The number of rotatable bonds is 4. The summed E-state index contributed by atoms with van der Waals surface area (Å²) in [5.74, 6) is -0.160. The van der Waals surface area contributed by atoms with E-state index in [4.69, 9.17) is 5.73 Å². The van der Waals surface area contributed by atoms with Gasteiger partial charge in [0, 0.05) is 12.2 Å². The van der Waals surface area contributed by atoms with Crippen LogP contribution in [-0.4, -0.2) is 29.4 Å². The van der Waals surface area contributed by atoms with Crippen LogP contribution < -0.4 is 11.1 Å². The molecule has 4 nitrogen and oxygen atoms in total. The minimum Gasteiger partial charge on any atom is -0.325 e. The summed E-state index contributed by atoms with van der Waals surface area (Å²) < 4.78 is 0. The molecule has 1 aromatic carbocycles. The molecule has 0 saturated carbocycles. The van der Waals surface area contributed by atoms with Gasteiger partial charge in [-0.3, -0.25) is 9.69 Å². The minimum atomic E-state index is -0.858. The molecule has 0 spiro atoms. The Bertz CT molecular complexity index is 469. The second kappa shape index (κ2) is 9.36. The van der Waals surface area contributed by atoms with Gasteiger partial charge in [-0.2, -0.15) is 0 Å². The van der Waals surface area contributed by atoms with Crippen molar-refractivity contribution in [2.24, 2.45) is 5.73 Å². The molecule has 2 rings (SSSR count). The Balaban J connectivity index is 0.00000220. The monoisotopic (exact) mass is 347 g/mol. The van der Waals surface area contributed by atoms with Crippen molar-refractivity contribution in [3.05, 3.63) is 29.8 Å². The number of nitrogens with one attached hydrogen (secondary N) is 1. The topological polar surface area (TPSA) is 58.4 Å². The maximum absolute atomic E-state index is 11.9. The zero-order chi connectivity index (χ0) is 14.6.